The van der Waals surface area contributed by atoms with Crippen LogP contribution in [0.3, 0.4) is 0 Å². The molecule has 0 aromatic heterocycles. The molecule has 1 N–H and O–H groups in total. The van der Waals surface area contributed by atoms with Gasteiger partial charge in [-0.1, -0.05) is 44.2 Å². The summed E-state index contributed by atoms with van der Waals surface area (Å²) in [6.07, 6.45) is 2.03. The van der Waals surface area contributed by atoms with Crippen LogP contribution in [0.15, 0.2) is 53.4 Å². The molecule has 2 aromatic rings. The van der Waals surface area contributed by atoms with E-state index < -0.39 is 39.2 Å². The van der Waals surface area contributed by atoms with Gasteiger partial charge in [0.15, 0.2) is 6.61 Å². The predicted octanol–water partition coefficient (Wildman–Crippen LogP) is 3.28. The molecule has 1 aliphatic carbocycles. The van der Waals surface area contributed by atoms with Gasteiger partial charge in [-0.15, -0.1) is 0 Å². The van der Waals surface area contributed by atoms with E-state index in [1.165, 1.54) is 0 Å². The van der Waals surface area contributed by atoms with E-state index in [-0.39, 0.29) is 24.7 Å². The third-order valence-electron chi connectivity index (χ3n) is 5.39. The Labute approximate surface area is 187 Å². The van der Waals surface area contributed by atoms with Crippen molar-refractivity contribution in [1.82, 2.24) is 9.62 Å². The van der Waals surface area contributed by atoms with Gasteiger partial charge < -0.3 is 10.1 Å². The Hall–Kier alpha value is -2.78. The molecular weight excluding hydrogens is 435 g/mol. The molecule has 2 aromatic carbocycles. The molecule has 0 spiro atoms. The van der Waals surface area contributed by atoms with E-state index in [0.717, 1.165) is 40.9 Å². The van der Waals surface area contributed by atoms with E-state index in [0.29, 0.717) is 5.92 Å². The van der Waals surface area contributed by atoms with Crippen LogP contribution in [0.2, 0.25) is 0 Å². The number of halogens is 1. The molecule has 9 heteroatoms. The third-order valence-corrected chi connectivity index (χ3v) is 7.46. The number of sulfonamides is 1. The number of rotatable bonds is 10. The van der Waals surface area contributed by atoms with Gasteiger partial charge in [-0.05, 0) is 42.5 Å². The zero-order chi connectivity index (χ0) is 23.3. The van der Waals surface area contributed by atoms with E-state index in [1.807, 2.05) is 30.3 Å². The first-order valence-electron chi connectivity index (χ1n) is 10.6. The summed E-state index contributed by atoms with van der Waals surface area (Å²) in [5.41, 5.74) is 0.839. The maximum atomic E-state index is 14.2. The second-order valence-electron chi connectivity index (χ2n) is 7.60. The Kier molecular flexibility index (Phi) is 7.63. The van der Waals surface area contributed by atoms with Crippen molar-refractivity contribution in [2.24, 2.45) is 5.92 Å². The molecule has 1 amide bonds. The summed E-state index contributed by atoms with van der Waals surface area (Å²) in [6, 6.07) is 12.4. The highest BCUT2D eigenvalue weighted by molar-refractivity contribution is 7.89. The summed E-state index contributed by atoms with van der Waals surface area (Å²) in [5.74, 6) is -1.97. The van der Waals surface area contributed by atoms with Crippen LogP contribution in [0.1, 0.15) is 48.7 Å². The molecular formula is C23H27FN2O5S. The van der Waals surface area contributed by atoms with Crippen LogP contribution in [-0.2, 0) is 19.6 Å². The molecule has 1 saturated carbocycles. The van der Waals surface area contributed by atoms with Gasteiger partial charge >= 0.3 is 5.97 Å². The van der Waals surface area contributed by atoms with Crippen LogP contribution in [0.5, 0.6) is 0 Å². The molecule has 32 heavy (non-hydrogen) atoms. The number of benzene rings is 2. The fraction of sp³-hybridized carbons (Fsp3) is 0.391. The van der Waals surface area contributed by atoms with Gasteiger partial charge in [0, 0.05) is 13.1 Å². The van der Waals surface area contributed by atoms with Crippen molar-refractivity contribution in [2.45, 2.75) is 37.6 Å². The third kappa shape index (κ3) is 5.52. The standard InChI is InChI=1S/C23H27FN2O5S/c1-3-26(4-2)32(29,30)20-14-18(12-13-19(20)24)23(28)31-15-21(27)25-22(17-10-11-17)16-8-6-5-7-9-16/h5-9,12-14,17,22H,3-4,10-11,15H2,1-2H3,(H,25,27). The van der Waals surface area contributed by atoms with Gasteiger partial charge in [0.1, 0.15) is 10.7 Å². The quantitative estimate of drug-likeness (QED) is 0.547. The number of carbonyl (C=O) groups is 2. The first-order chi connectivity index (χ1) is 15.3. The summed E-state index contributed by atoms with van der Waals surface area (Å²) < 4.78 is 45.7. The number of amides is 1. The summed E-state index contributed by atoms with van der Waals surface area (Å²) in [4.78, 5) is 24.2. The topological polar surface area (TPSA) is 92.8 Å². The molecule has 0 bridgehead atoms. The number of carbonyl (C=O) groups excluding carboxylic acids is 2. The highest BCUT2D eigenvalue weighted by atomic mass is 32.2. The minimum absolute atomic E-state index is 0.147. The number of hydrogen-bond donors (Lipinski definition) is 1. The number of ether oxygens (including phenoxy) is 1. The number of nitrogens with one attached hydrogen (secondary N) is 1. The van der Waals surface area contributed by atoms with Crippen molar-refractivity contribution in [3.05, 3.63) is 65.5 Å². The molecule has 172 valence electrons. The van der Waals surface area contributed by atoms with Crippen LogP contribution in [0, 0.1) is 11.7 Å². The van der Waals surface area contributed by atoms with Crippen LogP contribution in [-0.4, -0.2) is 44.3 Å². The molecule has 0 saturated heterocycles. The van der Waals surface area contributed by atoms with Gasteiger partial charge in [-0.2, -0.15) is 4.31 Å². The van der Waals surface area contributed by atoms with Gasteiger partial charge in [0.05, 0.1) is 11.6 Å². The molecule has 7 nitrogen and oxygen atoms in total. The molecule has 0 aliphatic heterocycles. The zero-order valence-corrected chi connectivity index (χ0v) is 18.9. The molecule has 1 aliphatic rings. The fourth-order valence-electron chi connectivity index (χ4n) is 3.52. The number of hydrogen-bond acceptors (Lipinski definition) is 5. The zero-order valence-electron chi connectivity index (χ0n) is 18.1. The minimum Gasteiger partial charge on any atom is -0.452 e. The van der Waals surface area contributed by atoms with Crippen molar-refractivity contribution in [3.63, 3.8) is 0 Å². The summed E-state index contributed by atoms with van der Waals surface area (Å²) in [7, 11) is -4.10. The molecule has 1 unspecified atom stereocenters. The predicted molar refractivity (Wildman–Crippen MR) is 117 cm³/mol. The van der Waals surface area contributed by atoms with E-state index in [2.05, 4.69) is 5.32 Å². The largest absolute Gasteiger partial charge is 0.452 e. The lowest BCUT2D eigenvalue weighted by atomic mass is 10.0. The van der Waals surface area contributed by atoms with Crippen LogP contribution >= 0.6 is 0 Å². The first-order valence-corrected chi connectivity index (χ1v) is 12.0. The van der Waals surface area contributed by atoms with Gasteiger partial charge in [-0.25, -0.2) is 17.6 Å². The van der Waals surface area contributed by atoms with E-state index >= 15 is 0 Å². The smallest absolute Gasteiger partial charge is 0.338 e. The Balaban J connectivity index is 1.66. The number of nitrogens with zero attached hydrogens (tertiary/aromatic N) is 1. The highest BCUT2D eigenvalue weighted by Gasteiger charge is 2.33. The van der Waals surface area contributed by atoms with Gasteiger partial charge in [-0.3, -0.25) is 4.79 Å². The molecule has 1 fully saturated rings. The van der Waals surface area contributed by atoms with Gasteiger partial charge in [0.2, 0.25) is 10.0 Å². The summed E-state index contributed by atoms with van der Waals surface area (Å²) in [5, 5.41) is 2.90. The average Bonchev–Trinajstić information content (AvgIpc) is 3.62. The highest BCUT2D eigenvalue weighted by Crippen LogP contribution is 2.40. The second kappa shape index (κ2) is 10.2. The Morgan fingerprint density at radius 3 is 2.38 bits per heavy atom. The monoisotopic (exact) mass is 462 g/mol. The van der Waals surface area contributed by atoms with E-state index in [9.17, 15) is 22.4 Å². The maximum Gasteiger partial charge on any atom is 0.338 e. The lowest BCUT2D eigenvalue weighted by Gasteiger charge is -2.19. The average molecular weight is 463 g/mol. The van der Waals surface area contributed by atoms with Crippen molar-refractivity contribution >= 4 is 21.9 Å². The Bertz CT molecular complexity index is 1070. The van der Waals surface area contributed by atoms with Crippen LogP contribution < -0.4 is 5.32 Å². The van der Waals surface area contributed by atoms with E-state index in [4.69, 9.17) is 4.74 Å². The molecule has 0 heterocycles. The summed E-state index contributed by atoms with van der Waals surface area (Å²) in [6.45, 7) is 3.08. The van der Waals surface area contributed by atoms with Gasteiger partial charge in [0.25, 0.3) is 5.91 Å². The fourth-order valence-corrected chi connectivity index (χ4v) is 5.07. The van der Waals surface area contributed by atoms with E-state index in [1.54, 1.807) is 13.8 Å². The van der Waals surface area contributed by atoms with Crippen molar-refractivity contribution in [3.8, 4) is 0 Å². The normalized spacial score (nSPS) is 14.8. The molecule has 0 radical (unpaired) electrons. The second-order valence-corrected chi connectivity index (χ2v) is 9.51. The van der Waals surface area contributed by atoms with Crippen molar-refractivity contribution in [1.29, 1.82) is 0 Å². The summed E-state index contributed by atoms with van der Waals surface area (Å²) >= 11 is 0. The molecule has 1 atom stereocenters. The minimum atomic E-state index is -4.10. The Morgan fingerprint density at radius 1 is 1.12 bits per heavy atom. The number of esters is 1. The first kappa shape index (κ1) is 23.9. The van der Waals surface area contributed by atoms with Crippen LogP contribution in [0.4, 0.5) is 4.39 Å². The molecule has 3 rings (SSSR count). The van der Waals surface area contributed by atoms with Crippen molar-refractivity contribution < 1.29 is 27.1 Å². The lowest BCUT2D eigenvalue weighted by molar-refractivity contribution is -0.125. The SMILES string of the molecule is CCN(CC)S(=O)(=O)c1cc(C(=O)OCC(=O)NC(c2ccccc2)C2CC2)ccc1F. The van der Waals surface area contributed by atoms with Crippen molar-refractivity contribution in [2.75, 3.05) is 19.7 Å². The lowest BCUT2D eigenvalue weighted by Crippen LogP contribution is -2.33. The van der Waals surface area contributed by atoms with Crippen LogP contribution in [0.25, 0.3) is 0 Å². The maximum absolute atomic E-state index is 14.2. The Morgan fingerprint density at radius 2 is 1.78 bits per heavy atom.